The summed E-state index contributed by atoms with van der Waals surface area (Å²) in [7, 11) is 0. The lowest BCUT2D eigenvalue weighted by atomic mass is 10.1. The Labute approximate surface area is 147 Å². The second kappa shape index (κ2) is 7.27. The molecule has 0 spiro atoms. The minimum atomic E-state index is -1.15. The van der Waals surface area contributed by atoms with E-state index in [0.29, 0.717) is 17.0 Å². The number of hydrogen-bond donors (Lipinski definition) is 1. The van der Waals surface area contributed by atoms with Crippen molar-refractivity contribution in [3.05, 3.63) is 65.4 Å². The highest BCUT2D eigenvalue weighted by Crippen LogP contribution is 2.28. The Hall–Kier alpha value is -2.99. The molecule has 3 aromatic rings. The van der Waals surface area contributed by atoms with Gasteiger partial charge in [0.1, 0.15) is 5.82 Å². The highest BCUT2D eigenvalue weighted by Gasteiger charge is 2.12. The Balaban J connectivity index is 2.08. The summed E-state index contributed by atoms with van der Waals surface area (Å²) < 4.78 is 18.9. The van der Waals surface area contributed by atoms with E-state index in [1.54, 1.807) is 12.1 Å². The van der Waals surface area contributed by atoms with Crippen LogP contribution in [0, 0.1) is 5.82 Å². The van der Waals surface area contributed by atoms with Crippen LogP contribution >= 0.6 is 11.6 Å². The first kappa shape index (κ1) is 16.9. The van der Waals surface area contributed by atoms with Gasteiger partial charge in [-0.1, -0.05) is 48.0 Å². The molecule has 0 unspecified atom stereocenters. The molecule has 0 atom stereocenters. The summed E-state index contributed by atoms with van der Waals surface area (Å²) in [5, 5.41) is 8.77. The highest BCUT2D eigenvalue weighted by molar-refractivity contribution is 6.30. The van der Waals surface area contributed by atoms with Gasteiger partial charge in [0.2, 0.25) is 0 Å². The van der Waals surface area contributed by atoms with Crippen molar-refractivity contribution in [1.82, 2.24) is 9.97 Å². The van der Waals surface area contributed by atoms with Crippen LogP contribution < -0.4 is 4.74 Å². The monoisotopic (exact) mass is 358 g/mol. The smallest absolute Gasteiger partial charge is 0.341 e. The fourth-order valence-corrected chi connectivity index (χ4v) is 2.29. The summed E-state index contributed by atoms with van der Waals surface area (Å²) in [6.07, 6.45) is 0. The molecule has 1 aromatic heterocycles. The average molecular weight is 359 g/mol. The number of nitrogens with zero attached hydrogens (tertiary/aromatic N) is 2. The lowest BCUT2D eigenvalue weighted by Gasteiger charge is -2.09. The van der Waals surface area contributed by atoms with Gasteiger partial charge in [-0.25, -0.2) is 9.18 Å². The van der Waals surface area contributed by atoms with Crippen LogP contribution in [-0.2, 0) is 4.79 Å². The van der Waals surface area contributed by atoms with Crippen LogP contribution in [0.25, 0.3) is 22.5 Å². The quantitative estimate of drug-likeness (QED) is 0.744. The number of carbonyl (C=O) groups is 1. The molecule has 2 aromatic carbocycles. The van der Waals surface area contributed by atoms with Crippen LogP contribution in [0.3, 0.4) is 0 Å². The second-order valence-corrected chi connectivity index (χ2v) is 5.51. The molecule has 3 rings (SSSR count). The standard InChI is InChI=1S/C18H12ClFN2O3/c19-13-7-6-12(8-14(13)20)16-9-15(11-4-2-1-3-5-11)21-18(22-16)25-10-17(23)24/h1-9H,10H2,(H,23,24). The van der Waals surface area contributed by atoms with Gasteiger partial charge in [0, 0.05) is 11.1 Å². The summed E-state index contributed by atoms with van der Waals surface area (Å²) >= 11 is 5.71. The lowest BCUT2D eigenvalue weighted by Crippen LogP contribution is -2.11. The molecule has 0 aliphatic heterocycles. The second-order valence-electron chi connectivity index (χ2n) is 5.10. The number of halogens is 2. The molecule has 0 aliphatic rings. The summed E-state index contributed by atoms with van der Waals surface area (Å²) in [6.45, 7) is -0.577. The van der Waals surface area contributed by atoms with Gasteiger partial charge in [-0.05, 0) is 18.2 Å². The van der Waals surface area contributed by atoms with Crippen molar-refractivity contribution < 1.29 is 19.0 Å². The first-order valence-electron chi connectivity index (χ1n) is 7.27. The minimum Gasteiger partial charge on any atom is -0.479 e. The van der Waals surface area contributed by atoms with Crippen LogP contribution in [0.15, 0.2) is 54.6 Å². The third-order valence-corrected chi connectivity index (χ3v) is 3.62. The molecule has 1 heterocycles. The summed E-state index contributed by atoms with van der Waals surface area (Å²) in [4.78, 5) is 19.1. The van der Waals surface area contributed by atoms with Gasteiger partial charge in [-0.15, -0.1) is 0 Å². The van der Waals surface area contributed by atoms with Crippen molar-refractivity contribution in [3.63, 3.8) is 0 Å². The molecule has 0 bridgehead atoms. The van der Waals surface area contributed by atoms with E-state index >= 15 is 0 Å². The van der Waals surface area contributed by atoms with E-state index < -0.39 is 18.4 Å². The predicted molar refractivity (Wildman–Crippen MR) is 91.0 cm³/mol. The van der Waals surface area contributed by atoms with Crippen LogP contribution in [0.1, 0.15) is 0 Å². The number of ether oxygens (including phenoxy) is 1. The molecule has 1 N–H and O–H groups in total. The number of carboxylic acid groups (broad SMARTS) is 1. The van der Waals surface area contributed by atoms with Crippen molar-refractivity contribution in [1.29, 1.82) is 0 Å². The molecule has 0 saturated carbocycles. The fraction of sp³-hybridized carbons (Fsp3) is 0.0556. The summed E-state index contributed by atoms with van der Waals surface area (Å²) in [5.41, 5.74) is 2.19. The van der Waals surface area contributed by atoms with Gasteiger partial charge in [0.25, 0.3) is 0 Å². The Morgan fingerprint density at radius 2 is 1.72 bits per heavy atom. The van der Waals surface area contributed by atoms with E-state index in [4.69, 9.17) is 21.4 Å². The van der Waals surface area contributed by atoms with E-state index in [9.17, 15) is 9.18 Å². The first-order chi connectivity index (χ1) is 12.0. The zero-order valence-electron chi connectivity index (χ0n) is 12.8. The van der Waals surface area contributed by atoms with Gasteiger partial charge < -0.3 is 9.84 Å². The summed E-state index contributed by atoms with van der Waals surface area (Å²) in [5.74, 6) is -1.72. The highest BCUT2D eigenvalue weighted by atomic mass is 35.5. The molecule has 5 nitrogen and oxygen atoms in total. The van der Waals surface area contributed by atoms with Crippen molar-refractivity contribution in [2.45, 2.75) is 0 Å². The Bertz CT molecular complexity index is 919. The SMILES string of the molecule is O=C(O)COc1nc(-c2ccccc2)cc(-c2ccc(Cl)c(F)c2)n1. The van der Waals surface area contributed by atoms with Crippen LogP contribution in [0.2, 0.25) is 5.02 Å². The van der Waals surface area contributed by atoms with E-state index in [1.165, 1.54) is 12.1 Å². The molecule has 0 radical (unpaired) electrons. The van der Waals surface area contributed by atoms with Gasteiger partial charge in [-0.3, -0.25) is 0 Å². The molecule has 0 saturated heterocycles. The lowest BCUT2D eigenvalue weighted by molar-refractivity contribution is -0.139. The zero-order valence-corrected chi connectivity index (χ0v) is 13.6. The third kappa shape index (κ3) is 4.10. The van der Waals surface area contributed by atoms with Gasteiger partial charge in [0.15, 0.2) is 6.61 Å². The minimum absolute atomic E-state index is 0.00318. The zero-order chi connectivity index (χ0) is 17.8. The number of hydrogen-bond acceptors (Lipinski definition) is 4. The Morgan fingerprint density at radius 3 is 2.36 bits per heavy atom. The topological polar surface area (TPSA) is 72.3 Å². The van der Waals surface area contributed by atoms with Crippen LogP contribution in [0.5, 0.6) is 6.01 Å². The van der Waals surface area contributed by atoms with Crippen molar-refractivity contribution >= 4 is 17.6 Å². The van der Waals surface area contributed by atoms with Crippen LogP contribution in [0.4, 0.5) is 4.39 Å². The maximum Gasteiger partial charge on any atom is 0.341 e. The average Bonchev–Trinajstić information content (AvgIpc) is 2.63. The molecule has 0 amide bonds. The molecular weight excluding hydrogens is 347 g/mol. The number of aliphatic carboxylic acids is 1. The van der Waals surface area contributed by atoms with Crippen molar-refractivity contribution in [2.24, 2.45) is 0 Å². The van der Waals surface area contributed by atoms with Crippen molar-refractivity contribution in [3.8, 4) is 28.5 Å². The molecular formula is C18H12ClFN2O3. The number of benzene rings is 2. The van der Waals surface area contributed by atoms with E-state index in [0.717, 1.165) is 5.56 Å². The molecule has 126 valence electrons. The number of aromatic nitrogens is 2. The van der Waals surface area contributed by atoms with Crippen LogP contribution in [-0.4, -0.2) is 27.7 Å². The maximum absolute atomic E-state index is 13.8. The maximum atomic E-state index is 13.8. The molecule has 25 heavy (non-hydrogen) atoms. The normalized spacial score (nSPS) is 10.5. The number of carboxylic acids is 1. The predicted octanol–water partition coefficient (Wildman–Crippen LogP) is 4.07. The Kier molecular flexibility index (Phi) is 4.90. The number of rotatable bonds is 5. The molecule has 0 aliphatic carbocycles. The van der Waals surface area contributed by atoms with Gasteiger partial charge >= 0.3 is 12.0 Å². The molecule has 7 heteroatoms. The van der Waals surface area contributed by atoms with E-state index in [2.05, 4.69) is 9.97 Å². The summed E-state index contributed by atoms with van der Waals surface area (Å²) in [6, 6.07) is 15.1. The first-order valence-corrected chi connectivity index (χ1v) is 7.65. The largest absolute Gasteiger partial charge is 0.479 e. The Morgan fingerprint density at radius 1 is 1.04 bits per heavy atom. The van der Waals surface area contributed by atoms with E-state index in [-0.39, 0.29) is 11.0 Å². The van der Waals surface area contributed by atoms with Gasteiger partial charge in [0.05, 0.1) is 16.4 Å². The molecule has 0 fully saturated rings. The van der Waals surface area contributed by atoms with E-state index in [1.807, 2.05) is 30.3 Å². The van der Waals surface area contributed by atoms with Gasteiger partial charge in [-0.2, -0.15) is 9.97 Å². The third-order valence-electron chi connectivity index (χ3n) is 3.32. The fourth-order valence-electron chi connectivity index (χ4n) is 2.18. The van der Waals surface area contributed by atoms with Crippen molar-refractivity contribution in [2.75, 3.05) is 6.61 Å².